The first-order chi connectivity index (χ1) is 25.7. The maximum atomic E-state index is 5.31. The summed E-state index contributed by atoms with van der Waals surface area (Å²) in [6.45, 7) is 0. The van der Waals surface area contributed by atoms with Crippen molar-refractivity contribution in [2.24, 2.45) is 4.99 Å². The number of benzene rings is 7. The first-order valence-electron chi connectivity index (χ1n) is 17.6. The first kappa shape index (κ1) is 31.1. The summed E-state index contributed by atoms with van der Waals surface area (Å²) in [6.07, 6.45) is 1.88. The summed E-state index contributed by atoms with van der Waals surface area (Å²) >= 11 is 0. The van der Waals surface area contributed by atoms with Gasteiger partial charge in [0, 0.05) is 27.8 Å². The third-order valence-electron chi connectivity index (χ3n) is 9.52. The van der Waals surface area contributed by atoms with Gasteiger partial charge in [-0.1, -0.05) is 170 Å². The molecule has 1 N–H and O–H groups in total. The SMILES string of the molecule is C1=C(c2ccc(-c3nc(-c4ccccc4)c4ccccc4n3)cc2)NC(c2cccc(-c3ccccc3)c2)N=C1c1cccc(-c2ccccc2)c1. The van der Waals surface area contributed by atoms with E-state index in [1.807, 2.05) is 42.5 Å². The van der Waals surface area contributed by atoms with Crippen LogP contribution in [0, 0.1) is 0 Å². The van der Waals surface area contributed by atoms with Gasteiger partial charge in [-0.3, -0.25) is 4.99 Å². The third-order valence-corrected chi connectivity index (χ3v) is 9.52. The average molecular weight is 667 g/mol. The summed E-state index contributed by atoms with van der Waals surface area (Å²) in [4.78, 5) is 15.4. The Kier molecular flexibility index (Phi) is 8.24. The Morgan fingerprint density at radius 3 is 1.67 bits per heavy atom. The summed E-state index contributed by atoms with van der Waals surface area (Å²) < 4.78 is 0. The molecule has 1 unspecified atom stereocenters. The van der Waals surface area contributed by atoms with Crippen LogP contribution in [-0.2, 0) is 0 Å². The van der Waals surface area contributed by atoms with Crippen LogP contribution in [0.3, 0.4) is 0 Å². The molecule has 1 aromatic heterocycles. The summed E-state index contributed by atoms with van der Waals surface area (Å²) in [5, 5.41) is 4.81. The number of rotatable bonds is 7. The van der Waals surface area contributed by atoms with Crippen LogP contribution in [0.25, 0.3) is 61.5 Å². The average Bonchev–Trinajstić information content (AvgIpc) is 3.24. The van der Waals surface area contributed by atoms with Crippen molar-refractivity contribution in [2.45, 2.75) is 6.17 Å². The molecular formula is C48H34N4. The molecule has 2 heterocycles. The second kappa shape index (κ2) is 13.8. The Balaban J connectivity index is 1.10. The van der Waals surface area contributed by atoms with Crippen molar-refractivity contribution in [1.82, 2.24) is 15.3 Å². The minimum Gasteiger partial charge on any atom is -0.360 e. The number of hydrogen-bond acceptors (Lipinski definition) is 4. The monoisotopic (exact) mass is 666 g/mol. The van der Waals surface area contributed by atoms with Gasteiger partial charge in [-0.15, -0.1) is 0 Å². The smallest absolute Gasteiger partial charge is 0.160 e. The molecule has 0 aliphatic carbocycles. The Hall–Kier alpha value is -6.91. The van der Waals surface area contributed by atoms with Crippen molar-refractivity contribution in [3.8, 4) is 44.9 Å². The lowest BCUT2D eigenvalue weighted by molar-refractivity contribution is 0.664. The fraction of sp³-hybridized carbons (Fsp3) is 0.0208. The van der Waals surface area contributed by atoms with Gasteiger partial charge in [0.15, 0.2) is 5.82 Å². The second-order valence-electron chi connectivity index (χ2n) is 12.9. The molecule has 1 aliphatic rings. The van der Waals surface area contributed by atoms with Gasteiger partial charge in [-0.25, -0.2) is 9.97 Å². The molecule has 0 amide bonds. The van der Waals surface area contributed by atoms with Crippen LogP contribution < -0.4 is 5.32 Å². The fourth-order valence-corrected chi connectivity index (χ4v) is 6.84. The highest BCUT2D eigenvalue weighted by Gasteiger charge is 2.21. The van der Waals surface area contributed by atoms with E-state index in [-0.39, 0.29) is 6.17 Å². The van der Waals surface area contributed by atoms with Crippen LogP contribution in [0.1, 0.15) is 22.9 Å². The van der Waals surface area contributed by atoms with Crippen molar-refractivity contribution in [3.63, 3.8) is 0 Å². The first-order valence-corrected chi connectivity index (χ1v) is 17.6. The number of nitrogens with one attached hydrogen (secondary N) is 1. The van der Waals surface area contributed by atoms with Crippen molar-refractivity contribution >= 4 is 22.3 Å². The van der Waals surface area contributed by atoms with Crippen LogP contribution in [-0.4, -0.2) is 15.7 Å². The van der Waals surface area contributed by atoms with E-state index in [9.17, 15) is 0 Å². The summed E-state index contributed by atoms with van der Waals surface area (Å²) in [5.41, 5.74) is 13.7. The zero-order valence-electron chi connectivity index (χ0n) is 28.4. The molecule has 7 aromatic carbocycles. The number of aromatic nitrogens is 2. The maximum absolute atomic E-state index is 5.31. The Bertz CT molecular complexity index is 2580. The number of aliphatic imine (C=N–C) groups is 1. The third kappa shape index (κ3) is 6.30. The maximum Gasteiger partial charge on any atom is 0.160 e. The van der Waals surface area contributed by atoms with E-state index in [4.69, 9.17) is 15.0 Å². The van der Waals surface area contributed by atoms with E-state index >= 15 is 0 Å². The Morgan fingerprint density at radius 1 is 0.404 bits per heavy atom. The quantitative estimate of drug-likeness (QED) is 0.184. The van der Waals surface area contributed by atoms with E-state index in [0.717, 1.165) is 66.9 Å². The molecule has 52 heavy (non-hydrogen) atoms. The molecule has 0 saturated heterocycles. The van der Waals surface area contributed by atoms with Gasteiger partial charge in [-0.05, 0) is 57.7 Å². The standard InChI is InChI=1S/C48H34N4/c1-4-14-33(15-5-1)38-20-12-22-40(30-38)45-32-44(50-48(51-45)41-23-13-21-39(31-41)34-16-6-2-7-17-34)35-26-28-37(29-27-35)47-49-43-25-11-10-24-42(43)46(52-47)36-18-8-3-9-19-36/h1-32,48,50H. The van der Waals surface area contributed by atoms with Gasteiger partial charge in [-0.2, -0.15) is 0 Å². The van der Waals surface area contributed by atoms with Gasteiger partial charge in [0.1, 0.15) is 6.17 Å². The molecule has 4 nitrogen and oxygen atoms in total. The van der Waals surface area contributed by atoms with Gasteiger partial charge in [0.25, 0.3) is 0 Å². The van der Waals surface area contributed by atoms with E-state index in [1.54, 1.807) is 0 Å². The highest BCUT2D eigenvalue weighted by molar-refractivity contribution is 6.13. The number of fused-ring (bicyclic) bond motifs is 1. The van der Waals surface area contributed by atoms with Gasteiger partial charge >= 0.3 is 0 Å². The van der Waals surface area contributed by atoms with E-state index < -0.39 is 0 Å². The van der Waals surface area contributed by atoms with E-state index in [0.29, 0.717) is 5.82 Å². The molecule has 8 aromatic rings. The van der Waals surface area contributed by atoms with E-state index in [1.165, 1.54) is 11.1 Å². The molecule has 0 fully saturated rings. The van der Waals surface area contributed by atoms with Crippen molar-refractivity contribution < 1.29 is 0 Å². The predicted octanol–water partition coefficient (Wildman–Crippen LogP) is 11.4. The largest absolute Gasteiger partial charge is 0.360 e. The molecule has 0 spiro atoms. The van der Waals surface area contributed by atoms with Crippen LogP contribution in [0.4, 0.5) is 0 Å². The lowest BCUT2D eigenvalue weighted by Gasteiger charge is -2.25. The molecule has 0 radical (unpaired) electrons. The minimum absolute atomic E-state index is 0.282. The second-order valence-corrected chi connectivity index (χ2v) is 12.9. The van der Waals surface area contributed by atoms with Crippen molar-refractivity contribution in [2.75, 3.05) is 0 Å². The predicted molar refractivity (Wildman–Crippen MR) is 215 cm³/mol. The summed E-state index contributed by atoms with van der Waals surface area (Å²) in [7, 11) is 0. The summed E-state index contributed by atoms with van der Waals surface area (Å²) in [6, 6.07) is 65.4. The lowest BCUT2D eigenvalue weighted by atomic mass is 9.97. The van der Waals surface area contributed by atoms with Crippen LogP contribution in [0.15, 0.2) is 199 Å². The molecule has 1 atom stereocenters. The highest BCUT2D eigenvalue weighted by Crippen LogP contribution is 2.33. The fourth-order valence-electron chi connectivity index (χ4n) is 6.84. The van der Waals surface area contributed by atoms with Gasteiger partial charge < -0.3 is 5.32 Å². The molecule has 9 rings (SSSR count). The van der Waals surface area contributed by atoms with Gasteiger partial charge in [0.2, 0.25) is 0 Å². The molecule has 4 heteroatoms. The van der Waals surface area contributed by atoms with E-state index in [2.05, 4.69) is 157 Å². The Morgan fingerprint density at radius 2 is 0.962 bits per heavy atom. The van der Waals surface area contributed by atoms with Crippen LogP contribution in [0.2, 0.25) is 0 Å². The molecule has 0 bridgehead atoms. The lowest BCUT2D eigenvalue weighted by Crippen LogP contribution is -2.25. The minimum atomic E-state index is -0.282. The molecule has 1 aliphatic heterocycles. The van der Waals surface area contributed by atoms with Gasteiger partial charge in [0.05, 0.1) is 16.9 Å². The topological polar surface area (TPSA) is 50.2 Å². The normalized spacial score (nSPS) is 14.0. The Labute approximate surface area is 303 Å². The number of nitrogens with zero attached hydrogens (tertiary/aromatic N) is 3. The molecule has 246 valence electrons. The van der Waals surface area contributed by atoms with Crippen LogP contribution >= 0.6 is 0 Å². The van der Waals surface area contributed by atoms with Crippen LogP contribution in [0.5, 0.6) is 0 Å². The summed E-state index contributed by atoms with van der Waals surface area (Å²) in [5.74, 6) is 0.699. The number of para-hydroxylation sites is 1. The molecular weight excluding hydrogens is 633 g/mol. The zero-order chi connectivity index (χ0) is 34.7. The number of hydrogen-bond donors (Lipinski definition) is 1. The molecule has 0 saturated carbocycles. The number of allylic oxidation sites excluding steroid dienone is 1. The zero-order valence-corrected chi connectivity index (χ0v) is 28.4. The highest BCUT2D eigenvalue weighted by atomic mass is 15.1. The van der Waals surface area contributed by atoms with Crippen molar-refractivity contribution in [3.05, 3.63) is 211 Å². The van der Waals surface area contributed by atoms with Crippen molar-refractivity contribution in [1.29, 1.82) is 0 Å².